The van der Waals surface area contributed by atoms with Crippen molar-refractivity contribution in [1.82, 2.24) is 15.0 Å². The van der Waals surface area contributed by atoms with Gasteiger partial charge in [-0.1, -0.05) is 106 Å². The third-order valence-corrected chi connectivity index (χ3v) is 3.98. The van der Waals surface area contributed by atoms with Crippen LogP contribution in [0.1, 0.15) is 16.7 Å². The third kappa shape index (κ3) is 7.07. The van der Waals surface area contributed by atoms with E-state index in [-0.39, 0.29) is 18.0 Å². The molecule has 33 heavy (non-hydrogen) atoms. The zero-order valence-electron chi connectivity index (χ0n) is 17.3. The predicted octanol–water partition coefficient (Wildman–Crippen LogP) is 4.11. The lowest BCUT2D eigenvalue weighted by Gasteiger charge is -2.02. The Hall–Kier alpha value is -4.92. The monoisotopic (exact) mass is 438 g/mol. The number of aromatic nitrogens is 3. The maximum absolute atomic E-state index is 5.26. The molecular formula is C24H18N6O3. The molecule has 9 nitrogen and oxygen atoms in total. The molecule has 4 rings (SSSR count). The maximum atomic E-state index is 5.26. The summed E-state index contributed by atoms with van der Waals surface area (Å²) in [7, 11) is 0. The van der Waals surface area contributed by atoms with Gasteiger partial charge in [-0.15, -0.1) is 15.0 Å². The summed E-state index contributed by atoms with van der Waals surface area (Å²) in [5.41, 5.74) is 2.54. The van der Waals surface area contributed by atoms with E-state index in [1.54, 1.807) is 0 Å². The molecule has 0 saturated carbocycles. The van der Waals surface area contributed by atoms with Crippen molar-refractivity contribution in [3.8, 4) is 18.0 Å². The number of hydrogen-bond acceptors (Lipinski definition) is 9. The summed E-state index contributed by atoms with van der Waals surface area (Å²) in [6.07, 6.45) is 4.56. The van der Waals surface area contributed by atoms with E-state index in [0.29, 0.717) is 0 Å². The van der Waals surface area contributed by atoms with Crippen LogP contribution in [-0.4, -0.2) is 33.6 Å². The van der Waals surface area contributed by atoms with E-state index in [9.17, 15) is 0 Å². The van der Waals surface area contributed by atoms with Gasteiger partial charge in [0.05, 0.1) is 18.6 Å². The first kappa shape index (κ1) is 21.3. The summed E-state index contributed by atoms with van der Waals surface area (Å²) in [4.78, 5) is 27.9. The van der Waals surface area contributed by atoms with Gasteiger partial charge >= 0.3 is 18.0 Å². The van der Waals surface area contributed by atoms with E-state index in [1.807, 2.05) is 91.0 Å². The van der Waals surface area contributed by atoms with Gasteiger partial charge in [0, 0.05) is 0 Å². The summed E-state index contributed by atoms with van der Waals surface area (Å²) >= 11 is 0. The first-order valence-corrected chi connectivity index (χ1v) is 9.87. The Labute approximate surface area is 189 Å². The Morgan fingerprint density at radius 2 is 0.697 bits per heavy atom. The van der Waals surface area contributed by atoms with Gasteiger partial charge < -0.3 is 14.5 Å². The van der Waals surface area contributed by atoms with Crippen LogP contribution in [0.4, 0.5) is 0 Å². The van der Waals surface area contributed by atoms with Gasteiger partial charge in [0.1, 0.15) is 0 Å². The highest BCUT2D eigenvalue weighted by molar-refractivity contribution is 5.79. The zero-order valence-corrected chi connectivity index (χ0v) is 17.3. The molecule has 1 aromatic heterocycles. The second-order valence-electron chi connectivity index (χ2n) is 6.39. The van der Waals surface area contributed by atoms with E-state index in [0.717, 1.165) is 16.7 Å². The van der Waals surface area contributed by atoms with Crippen LogP contribution in [0.3, 0.4) is 0 Å². The van der Waals surface area contributed by atoms with E-state index < -0.39 is 0 Å². The van der Waals surface area contributed by atoms with E-state index in [2.05, 4.69) is 30.4 Å². The van der Waals surface area contributed by atoms with E-state index >= 15 is 0 Å². The molecular weight excluding hydrogens is 420 g/mol. The van der Waals surface area contributed by atoms with Gasteiger partial charge in [0.2, 0.25) is 0 Å². The standard InChI is InChI=1S/C24H18N6O3/c1-4-10-19(11-5-1)16-25-31-22-28-23(32-26-17-20-12-6-2-7-13-20)30-24(29-22)33-27-18-21-14-8-3-9-15-21/h1-18H/b25-16-,26-17-,27-18-. The van der Waals surface area contributed by atoms with Crippen molar-refractivity contribution in [2.45, 2.75) is 0 Å². The van der Waals surface area contributed by atoms with E-state index in [1.165, 1.54) is 18.6 Å². The van der Waals surface area contributed by atoms with Crippen LogP contribution in [0.5, 0.6) is 18.0 Å². The molecule has 0 bridgehead atoms. The van der Waals surface area contributed by atoms with Gasteiger partial charge in [0.25, 0.3) is 0 Å². The molecule has 0 saturated heterocycles. The van der Waals surface area contributed by atoms with Crippen molar-refractivity contribution in [2.75, 3.05) is 0 Å². The Bertz CT molecular complexity index is 1060. The number of benzene rings is 3. The molecule has 0 aliphatic carbocycles. The molecule has 0 fully saturated rings. The van der Waals surface area contributed by atoms with Crippen molar-refractivity contribution in [3.63, 3.8) is 0 Å². The van der Waals surface area contributed by atoms with Crippen molar-refractivity contribution in [1.29, 1.82) is 0 Å². The Kier molecular flexibility index (Phi) is 7.41. The van der Waals surface area contributed by atoms with Gasteiger partial charge in [-0.3, -0.25) is 0 Å². The molecule has 0 spiro atoms. The summed E-state index contributed by atoms with van der Waals surface area (Å²) in [5, 5.41) is 11.7. The van der Waals surface area contributed by atoms with Gasteiger partial charge in [-0.25, -0.2) is 0 Å². The maximum Gasteiger partial charge on any atom is 0.355 e. The second kappa shape index (κ2) is 11.5. The SMILES string of the molecule is C(=N/Oc1nc(O/N=C\c2ccccc2)nc(O/N=C\c2ccccc2)n1)/c1ccccc1. The van der Waals surface area contributed by atoms with E-state index in [4.69, 9.17) is 14.5 Å². The molecule has 9 heteroatoms. The van der Waals surface area contributed by atoms with Crippen LogP contribution in [-0.2, 0) is 0 Å². The van der Waals surface area contributed by atoms with Crippen LogP contribution in [0.15, 0.2) is 106 Å². The number of oxime groups is 3. The fourth-order valence-electron chi connectivity index (χ4n) is 2.46. The Morgan fingerprint density at radius 1 is 0.424 bits per heavy atom. The lowest BCUT2D eigenvalue weighted by molar-refractivity contribution is 0.251. The molecule has 4 aromatic rings. The van der Waals surface area contributed by atoms with Gasteiger partial charge in [-0.2, -0.15) is 0 Å². The predicted molar refractivity (Wildman–Crippen MR) is 124 cm³/mol. The second-order valence-corrected chi connectivity index (χ2v) is 6.39. The first-order valence-electron chi connectivity index (χ1n) is 9.87. The number of hydrogen-bond donors (Lipinski definition) is 0. The minimum absolute atomic E-state index is 0.146. The molecule has 0 aliphatic rings. The van der Waals surface area contributed by atoms with Crippen molar-refractivity contribution in [3.05, 3.63) is 108 Å². The Morgan fingerprint density at radius 3 is 0.970 bits per heavy atom. The third-order valence-electron chi connectivity index (χ3n) is 3.98. The van der Waals surface area contributed by atoms with Crippen molar-refractivity contribution < 1.29 is 14.5 Å². The highest BCUT2D eigenvalue weighted by Gasteiger charge is 2.10. The van der Waals surface area contributed by atoms with Crippen LogP contribution < -0.4 is 14.5 Å². The van der Waals surface area contributed by atoms with Crippen LogP contribution in [0, 0.1) is 0 Å². The van der Waals surface area contributed by atoms with Crippen LogP contribution in [0.2, 0.25) is 0 Å². The average molecular weight is 438 g/mol. The van der Waals surface area contributed by atoms with Gasteiger partial charge in [-0.05, 0) is 16.7 Å². The van der Waals surface area contributed by atoms with Crippen LogP contribution >= 0.6 is 0 Å². The smallest absolute Gasteiger partial charge is 0.315 e. The normalized spacial score (nSPS) is 11.3. The molecule has 1 heterocycles. The lowest BCUT2D eigenvalue weighted by Crippen LogP contribution is -2.02. The minimum atomic E-state index is -0.146. The summed E-state index contributed by atoms with van der Waals surface area (Å²) < 4.78 is 0. The van der Waals surface area contributed by atoms with Crippen molar-refractivity contribution in [2.24, 2.45) is 15.5 Å². The number of nitrogens with zero attached hydrogens (tertiary/aromatic N) is 6. The van der Waals surface area contributed by atoms with Gasteiger partial charge in [0.15, 0.2) is 0 Å². The highest BCUT2D eigenvalue weighted by Crippen LogP contribution is 2.15. The summed E-state index contributed by atoms with van der Waals surface area (Å²) in [6.45, 7) is 0. The molecule has 0 amide bonds. The summed E-state index contributed by atoms with van der Waals surface area (Å²) in [6, 6.07) is 27.8. The Balaban J connectivity index is 1.49. The topological polar surface area (TPSA) is 103 Å². The molecule has 0 radical (unpaired) electrons. The fraction of sp³-hybridized carbons (Fsp3) is 0. The highest BCUT2D eigenvalue weighted by atomic mass is 16.7. The first-order chi connectivity index (χ1) is 16.3. The molecule has 0 N–H and O–H groups in total. The average Bonchev–Trinajstić information content (AvgIpc) is 2.86. The fourth-order valence-corrected chi connectivity index (χ4v) is 2.46. The molecule has 0 atom stereocenters. The molecule has 0 unspecified atom stereocenters. The minimum Gasteiger partial charge on any atom is -0.315 e. The summed E-state index contributed by atoms with van der Waals surface area (Å²) in [5.74, 6) is 0. The van der Waals surface area contributed by atoms with Crippen molar-refractivity contribution >= 4 is 18.6 Å². The zero-order chi connectivity index (χ0) is 22.6. The molecule has 162 valence electrons. The number of rotatable bonds is 9. The largest absolute Gasteiger partial charge is 0.355 e. The van der Waals surface area contributed by atoms with Crippen LogP contribution in [0.25, 0.3) is 0 Å². The lowest BCUT2D eigenvalue weighted by atomic mass is 10.2. The quantitative estimate of drug-likeness (QED) is 0.288. The molecule has 3 aromatic carbocycles. The molecule has 0 aliphatic heterocycles.